The zero-order chi connectivity index (χ0) is 11.1. The maximum absolute atomic E-state index is 9.53. The molecule has 1 rings (SSSR count). The van der Waals surface area contributed by atoms with E-state index in [9.17, 15) is 5.11 Å². The van der Waals surface area contributed by atoms with Crippen molar-refractivity contribution in [2.45, 2.75) is 26.2 Å². The van der Waals surface area contributed by atoms with E-state index >= 15 is 0 Å². The van der Waals surface area contributed by atoms with Gasteiger partial charge in [0.2, 0.25) is 0 Å². The highest BCUT2D eigenvalue weighted by molar-refractivity contribution is 9.10. The number of rotatable bonds is 5. The minimum atomic E-state index is 0.275. The fraction of sp³-hybridized carbons (Fsp3) is 0.417. The number of aromatic hydroxyl groups is 1. The first kappa shape index (κ1) is 12.2. The molecule has 0 saturated heterocycles. The summed E-state index contributed by atoms with van der Waals surface area (Å²) in [6, 6.07) is 5.33. The van der Waals surface area contributed by atoms with E-state index in [4.69, 9.17) is 0 Å². The van der Waals surface area contributed by atoms with Crippen molar-refractivity contribution in [1.82, 2.24) is 0 Å². The van der Waals surface area contributed by atoms with Crippen molar-refractivity contribution >= 4 is 22.1 Å². The van der Waals surface area contributed by atoms with E-state index in [-0.39, 0.29) is 5.75 Å². The Bertz CT molecular complexity index is 336. The maximum atomic E-state index is 9.53. The third-order valence-corrected chi connectivity index (χ3v) is 2.60. The van der Waals surface area contributed by atoms with E-state index in [0.717, 1.165) is 23.0 Å². The SMILES string of the molecule is CCCCCN=Cc1cc(Br)ccc1O. The van der Waals surface area contributed by atoms with Crippen LogP contribution in [0, 0.1) is 0 Å². The predicted octanol–water partition coefficient (Wildman–Crippen LogP) is 3.76. The average Bonchev–Trinajstić information content (AvgIpc) is 2.23. The number of aliphatic imine (C=N–C) groups is 1. The first-order valence-electron chi connectivity index (χ1n) is 5.22. The molecule has 1 N–H and O–H groups in total. The lowest BCUT2D eigenvalue weighted by atomic mass is 10.2. The van der Waals surface area contributed by atoms with Crippen LogP contribution in [-0.2, 0) is 0 Å². The zero-order valence-electron chi connectivity index (χ0n) is 8.91. The Kier molecular flexibility index (Phi) is 5.40. The van der Waals surface area contributed by atoms with Gasteiger partial charge in [0.25, 0.3) is 0 Å². The molecular formula is C12H16BrNO. The van der Waals surface area contributed by atoms with Gasteiger partial charge in [0.05, 0.1) is 0 Å². The Morgan fingerprint density at radius 3 is 2.93 bits per heavy atom. The molecule has 0 heterocycles. The van der Waals surface area contributed by atoms with Crippen LogP contribution in [0.25, 0.3) is 0 Å². The lowest BCUT2D eigenvalue weighted by molar-refractivity contribution is 0.474. The third-order valence-electron chi connectivity index (χ3n) is 2.11. The lowest BCUT2D eigenvalue weighted by Gasteiger charge is -1.99. The minimum absolute atomic E-state index is 0.275. The summed E-state index contributed by atoms with van der Waals surface area (Å²) in [7, 11) is 0. The van der Waals surface area contributed by atoms with Crippen LogP contribution in [0.4, 0.5) is 0 Å². The summed E-state index contributed by atoms with van der Waals surface area (Å²) in [6.07, 6.45) is 5.26. The van der Waals surface area contributed by atoms with Crippen LogP contribution in [0.15, 0.2) is 27.7 Å². The molecule has 0 unspecified atom stereocenters. The van der Waals surface area contributed by atoms with E-state index in [2.05, 4.69) is 27.8 Å². The third kappa shape index (κ3) is 4.47. The number of phenols is 1. The molecule has 0 atom stereocenters. The van der Waals surface area contributed by atoms with Gasteiger partial charge < -0.3 is 5.11 Å². The molecule has 0 aliphatic heterocycles. The van der Waals surface area contributed by atoms with E-state index < -0.39 is 0 Å². The molecule has 0 aliphatic carbocycles. The van der Waals surface area contributed by atoms with Crippen LogP contribution < -0.4 is 0 Å². The molecule has 0 radical (unpaired) electrons. The molecule has 0 amide bonds. The molecule has 0 spiro atoms. The summed E-state index contributed by atoms with van der Waals surface area (Å²) in [5.41, 5.74) is 0.765. The topological polar surface area (TPSA) is 32.6 Å². The highest BCUT2D eigenvalue weighted by atomic mass is 79.9. The van der Waals surface area contributed by atoms with Gasteiger partial charge in [0, 0.05) is 22.8 Å². The van der Waals surface area contributed by atoms with Crippen molar-refractivity contribution in [3.63, 3.8) is 0 Å². The molecule has 0 bridgehead atoms. The number of hydrogen-bond donors (Lipinski definition) is 1. The van der Waals surface area contributed by atoms with E-state index in [1.807, 2.05) is 12.1 Å². The minimum Gasteiger partial charge on any atom is -0.507 e. The molecular weight excluding hydrogens is 254 g/mol. The molecule has 2 nitrogen and oxygen atoms in total. The van der Waals surface area contributed by atoms with Crippen molar-refractivity contribution in [2.24, 2.45) is 4.99 Å². The Hall–Kier alpha value is -0.830. The second-order valence-electron chi connectivity index (χ2n) is 3.45. The molecule has 1 aromatic rings. The fourth-order valence-corrected chi connectivity index (χ4v) is 1.62. The van der Waals surface area contributed by atoms with Gasteiger partial charge in [0.1, 0.15) is 5.75 Å². The van der Waals surface area contributed by atoms with Crippen molar-refractivity contribution in [3.05, 3.63) is 28.2 Å². The summed E-state index contributed by atoms with van der Waals surface area (Å²) in [6.45, 7) is 3.00. The van der Waals surface area contributed by atoms with Crippen LogP contribution in [-0.4, -0.2) is 17.9 Å². The van der Waals surface area contributed by atoms with Crippen molar-refractivity contribution in [1.29, 1.82) is 0 Å². The van der Waals surface area contributed by atoms with Crippen LogP contribution >= 0.6 is 15.9 Å². The molecule has 0 saturated carbocycles. The Labute approximate surface area is 99.2 Å². The Balaban J connectivity index is 2.52. The van der Waals surface area contributed by atoms with Gasteiger partial charge in [-0.1, -0.05) is 35.7 Å². The second-order valence-corrected chi connectivity index (χ2v) is 4.36. The Morgan fingerprint density at radius 2 is 2.20 bits per heavy atom. The number of nitrogens with zero attached hydrogens (tertiary/aromatic N) is 1. The first-order valence-corrected chi connectivity index (χ1v) is 6.01. The van der Waals surface area contributed by atoms with Crippen LogP contribution in [0.3, 0.4) is 0 Å². The predicted molar refractivity (Wildman–Crippen MR) is 67.8 cm³/mol. The van der Waals surface area contributed by atoms with Crippen molar-refractivity contribution < 1.29 is 5.11 Å². The summed E-state index contributed by atoms with van der Waals surface area (Å²) in [5, 5.41) is 9.53. The number of benzene rings is 1. The van der Waals surface area contributed by atoms with E-state index in [1.165, 1.54) is 12.8 Å². The molecule has 0 aliphatic rings. The lowest BCUT2D eigenvalue weighted by Crippen LogP contribution is -1.86. The first-order chi connectivity index (χ1) is 7.24. The van der Waals surface area contributed by atoms with Gasteiger partial charge in [-0.15, -0.1) is 0 Å². The maximum Gasteiger partial charge on any atom is 0.124 e. The van der Waals surface area contributed by atoms with Gasteiger partial charge in [-0.3, -0.25) is 4.99 Å². The molecule has 1 aromatic carbocycles. The van der Waals surface area contributed by atoms with Gasteiger partial charge >= 0.3 is 0 Å². The summed E-state index contributed by atoms with van der Waals surface area (Å²) in [4.78, 5) is 4.28. The van der Waals surface area contributed by atoms with E-state index in [1.54, 1.807) is 12.3 Å². The van der Waals surface area contributed by atoms with Gasteiger partial charge in [-0.05, 0) is 24.6 Å². The standard InChI is InChI=1S/C12H16BrNO/c1-2-3-4-7-14-9-10-8-11(13)5-6-12(10)15/h5-6,8-9,15H,2-4,7H2,1H3. The van der Waals surface area contributed by atoms with Gasteiger partial charge in [-0.2, -0.15) is 0 Å². The Morgan fingerprint density at radius 1 is 1.40 bits per heavy atom. The molecule has 0 fully saturated rings. The molecule has 82 valence electrons. The number of halogens is 1. The van der Waals surface area contributed by atoms with Gasteiger partial charge in [-0.25, -0.2) is 0 Å². The highest BCUT2D eigenvalue weighted by Gasteiger charge is 1.97. The van der Waals surface area contributed by atoms with Crippen molar-refractivity contribution in [3.8, 4) is 5.75 Å². The monoisotopic (exact) mass is 269 g/mol. The van der Waals surface area contributed by atoms with Crippen LogP contribution in [0.2, 0.25) is 0 Å². The summed E-state index contributed by atoms with van der Waals surface area (Å²) >= 11 is 3.36. The second kappa shape index (κ2) is 6.62. The van der Waals surface area contributed by atoms with Crippen molar-refractivity contribution in [2.75, 3.05) is 6.54 Å². The zero-order valence-corrected chi connectivity index (χ0v) is 10.5. The largest absolute Gasteiger partial charge is 0.507 e. The van der Waals surface area contributed by atoms with Gasteiger partial charge in [0.15, 0.2) is 0 Å². The normalized spacial score (nSPS) is 11.1. The van der Waals surface area contributed by atoms with E-state index in [0.29, 0.717) is 0 Å². The fourth-order valence-electron chi connectivity index (χ4n) is 1.24. The molecule has 15 heavy (non-hydrogen) atoms. The van der Waals surface area contributed by atoms with Crippen LogP contribution in [0.5, 0.6) is 5.75 Å². The molecule has 3 heteroatoms. The summed E-state index contributed by atoms with van der Waals surface area (Å²) < 4.78 is 0.954. The molecule has 0 aromatic heterocycles. The number of phenolic OH excluding ortho intramolecular Hbond substituents is 1. The number of hydrogen-bond acceptors (Lipinski definition) is 2. The summed E-state index contributed by atoms with van der Waals surface area (Å²) in [5.74, 6) is 0.275. The number of unbranched alkanes of at least 4 members (excludes halogenated alkanes) is 2. The smallest absolute Gasteiger partial charge is 0.124 e. The highest BCUT2D eigenvalue weighted by Crippen LogP contribution is 2.19. The quantitative estimate of drug-likeness (QED) is 0.641. The van der Waals surface area contributed by atoms with Crippen LogP contribution in [0.1, 0.15) is 31.7 Å². The average molecular weight is 270 g/mol.